The number of nitrogens with zero attached hydrogens (tertiary/aromatic N) is 2. The largest absolute Gasteiger partial charge is 0.387 e. The number of oxime groups is 1. The normalized spacial score (nSPS) is 23.3. The van der Waals surface area contributed by atoms with Crippen LogP contribution >= 0.6 is 0 Å². The summed E-state index contributed by atoms with van der Waals surface area (Å²) in [6, 6.07) is 6.63. The topological polar surface area (TPSA) is 146 Å². The molecule has 1 spiro atoms. The number of benzene rings is 1. The Morgan fingerprint density at radius 3 is 2.37 bits per heavy atom. The molecule has 2 heterocycles. The molecule has 1 aromatic rings. The molecule has 11 heteroatoms. The molecule has 1 aliphatic carbocycles. The van der Waals surface area contributed by atoms with Gasteiger partial charge in [-0.2, -0.15) is 0 Å². The number of nitrogens with one attached hydrogen (secondary N) is 3. The van der Waals surface area contributed by atoms with Crippen LogP contribution < -0.4 is 16.0 Å². The van der Waals surface area contributed by atoms with Crippen LogP contribution in [0.5, 0.6) is 0 Å². The fourth-order valence-corrected chi connectivity index (χ4v) is 5.40. The number of likely N-dealkylation sites (tertiary alicyclic amines) is 1. The Hall–Kier alpha value is -3.76. The van der Waals surface area contributed by atoms with Crippen LogP contribution in [0.1, 0.15) is 78.7 Å². The highest BCUT2D eigenvalue weighted by Gasteiger charge is 2.55. The zero-order chi connectivity index (χ0) is 29.9. The zero-order valence-electron chi connectivity index (χ0n) is 24.5. The van der Waals surface area contributed by atoms with Gasteiger partial charge in [0.1, 0.15) is 12.1 Å². The summed E-state index contributed by atoms with van der Waals surface area (Å²) < 4.78 is 0. The van der Waals surface area contributed by atoms with Crippen molar-refractivity contribution in [1.82, 2.24) is 20.9 Å². The molecule has 222 valence electrons. The summed E-state index contributed by atoms with van der Waals surface area (Å²) in [6.07, 6.45) is 3.04. The third kappa shape index (κ3) is 7.12. The van der Waals surface area contributed by atoms with Gasteiger partial charge in [0.15, 0.2) is 5.60 Å². The van der Waals surface area contributed by atoms with Gasteiger partial charge < -0.3 is 25.7 Å². The van der Waals surface area contributed by atoms with Crippen molar-refractivity contribution in [3.05, 3.63) is 35.9 Å². The minimum Gasteiger partial charge on any atom is -0.387 e. The van der Waals surface area contributed by atoms with Crippen LogP contribution in [0, 0.1) is 5.41 Å². The summed E-state index contributed by atoms with van der Waals surface area (Å²) in [4.78, 5) is 72.8. The van der Waals surface area contributed by atoms with Crippen LogP contribution in [0.3, 0.4) is 0 Å². The van der Waals surface area contributed by atoms with Gasteiger partial charge in [-0.15, -0.1) is 0 Å². The number of hydrogen-bond donors (Lipinski definition) is 3. The molecule has 0 unspecified atom stereocenters. The summed E-state index contributed by atoms with van der Waals surface area (Å²) in [7, 11) is 0. The van der Waals surface area contributed by atoms with Crippen LogP contribution in [0.2, 0.25) is 0 Å². The van der Waals surface area contributed by atoms with E-state index in [4.69, 9.17) is 4.84 Å². The monoisotopic (exact) mass is 567 g/mol. The van der Waals surface area contributed by atoms with E-state index in [2.05, 4.69) is 21.1 Å². The first-order valence-corrected chi connectivity index (χ1v) is 14.4. The van der Waals surface area contributed by atoms with Crippen molar-refractivity contribution in [3.8, 4) is 0 Å². The van der Waals surface area contributed by atoms with E-state index in [9.17, 15) is 24.0 Å². The van der Waals surface area contributed by atoms with Gasteiger partial charge in [0.25, 0.3) is 5.91 Å². The lowest BCUT2D eigenvalue weighted by molar-refractivity contribution is -0.145. The van der Waals surface area contributed by atoms with E-state index in [0.717, 1.165) is 18.4 Å². The van der Waals surface area contributed by atoms with Crippen LogP contribution in [-0.2, 0) is 28.8 Å². The van der Waals surface area contributed by atoms with Crippen molar-refractivity contribution in [2.24, 2.45) is 10.6 Å². The number of amides is 4. The van der Waals surface area contributed by atoms with Gasteiger partial charge >= 0.3 is 0 Å². The molecule has 2 aliphatic heterocycles. The van der Waals surface area contributed by atoms with E-state index in [1.807, 2.05) is 58.0 Å². The lowest BCUT2D eigenvalue weighted by Gasteiger charge is -2.35. The standard InChI is InChI=1S/C30H41N5O6/c1-6-10-21(24(37)27(39)32-20-13-14-20)33-26(38)23-16-30(15-22(34-41-30)19-11-8-7-9-12-19)17-35(23)28(40)25(29(3,4)5)31-18(2)36/h7-9,11-12,20-21,23,25H,6,10,13-17H2,1-5H3,(H,31,36)(H,32,39)(H,33,38)/t21-,23-,25+,30-/m0/s1. The van der Waals surface area contributed by atoms with Crippen molar-refractivity contribution in [1.29, 1.82) is 0 Å². The van der Waals surface area contributed by atoms with Gasteiger partial charge in [-0.1, -0.05) is 69.6 Å². The van der Waals surface area contributed by atoms with Gasteiger partial charge in [-0.25, -0.2) is 0 Å². The fraction of sp³-hybridized carbons (Fsp3) is 0.600. The Morgan fingerprint density at radius 1 is 1.10 bits per heavy atom. The Morgan fingerprint density at radius 2 is 1.78 bits per heavy atom. The van der Waals surface area contributed by atoms with Crippen molar-refractivity contribution in [3.63, 3.8) is 0 Å². The predicted octanol–water partition coefficient (Wildman–Crippen LogP) is 1.83. The molecule has 1 saturated carbocycles. The maximum Gasteiger partial charge on any atom is 0.289 e. The Labute approximate surface area is 240 Å². The molecule has 0 bridgehead atoms. The lowest BCUT2D eigenvalue weighted by Crippen LogP contribution is -2.59. The number of ketones is 1. The number of carbonyl (C=O) groups excluding carboxylic acids is 5. The molecule has 0 radical (unpaired) electrons. The quantitative estimate of drug-likeness (QED) is 0.368. The molecular formula is C30H41N5O6. The highest BCUT2D eigenvalue weighted by atomic mass is 16.7. The van der Waals surface area contributed by atoms with Crippen molar-refractivity contribution in [2.45, 2.75) is 103 Å². The Balaban J connectivity index is 1.59. The average molecular weight is 568 g/mol. The molecular weight excluding hydrogens is 526 g/mol. The van der Waals surface area contributed by atoms with E-state index in [1.54, 1.807) is 0 Å². The van der Waals surface area contributed by atoms with Gasteiger partial charge in [0.05, 0.1) is 18.3 Å². The predicted molar refractivity (Wildman–Crippen MR) is 152 cm³/mol. The highest BCUT2D eigenvalue weighted by Crippen LogP contribution is 2.40. The summed E-state index contributed by atoms with van der Waals surface area (Å²) in [5.74, 6) is -2.74. The Kier molecular flexibility index (Phi) is 8.84. The third-order valence-electron chi connectivity index (χ3n) is 7.74. The first-order valence-electron chi connectivity index (χ1n) is 14.4. The lowest BCUT2D eigenvalue weighted by atomic mass is 9.85. The highest BCUT2D eigenvalue weighted by molar-refractivity contribution is 6.38. The third-order valence-corrected chi connectivity index (χ3v) is 7.74. The Bertz CT molecular complexity index is 1220. The first kappa shape index (κ1) is 30.2. The molecule has 4 amide bonds. The second-order valence-electron chi connectivity index (χ2n) is 12.5. The molecule has 0 aromatic heterocycles. The fourth-order valence-electron chi connectivity index (χ4n) is 5.40. The SMILES string of the molecule is CCC[C@H](NC(=O)[C@@H]1C[C@@]2(CC(c3ccccc3)=NO2)CN1C(=O)[C@@H](NC(C)=O)C(C)(C)C)C(=O)C(=O)NC1CC1. The molecule has 4 rings (SSSR count). The summed E-state index contributed by atoms with van der Waals surface area (Å²) in [5.41, 5.74) is -0.00120. The van der Waals surface area contributed by atoms with E-state index < -0.39 is 52.6 Å². The van der Waals surface area contributed by atoms with Crippen molar-refractivity contribution >= 4 is 35.1 Å². The molecule has 2 fully saturated rings. The van der Waals surface area contributed by atoms with Crippen LogP contribution in [0.25, 0.3) is 0 Å². The smallest absolute Gasteiger partial charge is 0.289 e. The average Bonchev–Trinajstić information content (AvgIpc) is 3.51. The minimum atomic E-state index is -1.02. The van der Waals surface area contributed by atoms with Gasteiger partial charge in [-0.3, -0.25) is 24.0 Å². The molecule has 3 N–H and O–H groups in total. The van der Waals surface area contributed by atoms with Gasteiger partial charge in [0.2, 0.25) is 23.5 Å². The number of rotatable bonds is 10. The summed E-state index contributed by atoms with van der Waals surface area (Å²) in [5, 5.41) is 12.5. The molecule has 1 aromatic carbocycles. The maximum absolute atomic E-state index is 14.0. The van der Waals surface area contributed by atoms with E-state index >= 15 is 0 Å². The van der Waals surface area contributed by atoms with E-state index in [0.29, 0.717) is 18.6 Å². The number of hydrogen-bond acceptors (Lipinski definition) is 7. The van der Waals surface area contributed by atoms with Crippen LogP contribution in [-0.4, -0.2) is 76.3 Å². The van der Waals surface area contributed by atoms with Gasteiger partial charge in [-0.05, 0) is 30.2 Å². The van der Waals surface area contributed by atoms with Crippen LogP contribution in [0.4, 0.5) is 0 Å². The summed E-state index contributed by atoms with van der Waals surface area (Å²) in [6.45, 7) is 8.79. The van der Waals surface area contributed by atoms with Crippen molar-refractivity contribution < 1.29 is 28.8 Å². The number of carbonyl (C=O) groups is 5. The zero-order valence-corrected chi connectivity index (χ0v) is 24.5. The second kappa shape index (κ2) is 12.0. The molecule has 41 heavy (non-hydrogen) atoms. The second-order valence-corrected chi connectivity index (χ2v) is 12.5. The van der Waals surface area contributed by atoms with Crippen LogP contribution in [0.15, 0.2) is 35.5 Å². The maximum atomic E-state index is 14.0. The molecule has 3 aliphatic rings. The molecule has 1 saturated heterocycles. The first-order chi connectivity index (χ1) is 19.3. The van der Waals surface area contributed by atoms with Gasteiger partial charge in [0, 0.05) is 25.8 Å². The molecule has 4 atom stereocenters. The van der Waals surface area contributed by atoms with E-state index in [-0.39, 0.29) is 31.3 Å². The molecule has 11 nitrogen and oxygen atoms in total. The van der Waals surface area contributed by atoms with Crippen molar-refractivity contribution in [2.75, 3.05) is 6.54 Å². The van der Waals surface area contributed by atoms with E-state index in [1.165, 1.54) is 11.8 Å². The number of Topliss-reactive ketones (excluding diaryl/α,β-unsaturated/α-hetero) is 1. The minimum absolute atomic E-state index is 0.00802. The summed E-state index contributed by atoms with van der Waals surface area (Å²) >= 11 is 0.